The van der Waals surface area contributed by atoms with Gasteiger partial charge in [-0.2, -0.15) is 0 Å². The lowest BCUT2D eigenvalue weighted by molar-refractivity contribution is -0.147. The zero-order chi connectivity index (χ0) is 23.0. The number of benzene rings is 1. The van der Waals surface area contributed by atoms with E-state index >= 15 is 0 Å². The highest BCUT2D eigenvalue weighted by molar-refractivity contribution is 5.98. The molecule has 1 aromatic heterocycles. The first-order valence-electron chi connectivity index (χ1n) is 9.63. The maximum absolute atomic E-state index is 12.6. The van der Waals surface area contributed by atoms with Gasteiger partial charge in [-0.1, -0.05) is 17.7 Å². The number of esters is 2. The van der Waals surface area contributed by atoms with Crippen LogP contribution in [0, 0.1) is 6.92 Å². The molecule has 1 N–H and O–H groups in total. The van der Waals surface area contributed by atoms with E-state index in [1.807, 2.05) is 31.2 Å². The standard InChI is InChI=1S/C22H26N2O7/c1-13-6-8-17(9-7-13)30-14(2)12-29-22(27)15(3)24-21(26)19-20(31-16(4)25)18(28-5)10-11-23-19/h6-11,14-15H,12H2,1-5H3,(H,24,26)/t14-,15-/m0/s1. The van der Waals surface area contributed by atoms with Crippen LogP contribution in [-0.2, 0) is 14.3 Å². The molecule has 2 rings (SSSR count). The molecule has 0 radical (unpaired) electrons. The summed E-state index contributed by atoms with van der Waals surface area (Å²) in [4.78, 5) is 40.2. The molecule has 0 saturated carbocycles. The topological polar surface area (TPSA) is 113 Å². The van der Waals surface area contributed by atoms with Crippen molar-refractivity contribution in [3.8, 4) is 17.2 Å². The zero-order valence-electron chi connectivity index (χ0n) is 18.1. The van der Waals surface area contributed by atoms with Crippen LogP contribution in [0.3, 0.4) is 0 Å². The summed E-state index contributed by atoms with van der Waals surface area (Å²) in [5, 5.41) is 2.48. The lowest BCUT2D eigenvalue weighted by atomic mass is 10.2. The number of nitrogens with zero attached hydrogens (tertiary/aromatic N) is 1. The highest BCUT2D eigenvalue weighted by Gasteiger charge is 2.25. The van der Waals surface area contributed by atoms with Crippen LogP contribution in [0.25, 0.3) is 0 Å². The Balaban J connectivity index is 1.94. The molecule has 9 heteroatoms. The van der Waals surface area contributed by atoms with Crippen LogP contribution < -0.4 is 19.5 Å². The number of hydrogen-bond acceptors (Lipinski definition) is 8. The number of aryl methyl sites for hydroxylation is 1. The molecule has 0 saturated heterocycles. The summed E-state index contributed by atoms with van der Waals surface area (Å²) in [5.41, 5.74) is 0.920. The highest BCUT2D eigenvalue weighted by Crippen LogP contribution is 2.29. The molecule has 166 valence electrons. The molecule has 2 aromatic rings. The van der Waals surface area contributed by atoms with Gasteiger partial charge in [0, 0.05) is 19.2 Å². The number of carbonyl (C=O) groups excluding carboxylic acids is 3. The molecule has 1 heterocycles. The van der Waals surface area contributed by atoms with Crippen molar-refractivity contribution in [3.05, 3.63) is 47.8 Å². The molecular formula is C22H26N2O7. The van der Waals surface area contributed by atoms with Crippen molar-refractivity contribution in [1.29, 1.82) is 0 Å². The first-order valence-corrected chi connectivity index (χ1v) is 9.63. The second-order valence-electron chi connectivity index (χ2n) is 6.85. The van der Waals surface area contributed by atoms with Gasteiger partial charge in [0.05, 0.1) is 7.11 Å². The van der Waals surface area contributed by atoms with Crippen LogP contribution >= 0.6 is 0 Å². The molecule has 0 aliphatic rings. The zero-order valence-corrected chi connectivity index (χ0v) is 18.1. The van der Waals surface area contributed by atoms with Gasteiger partial charge in [-0.15, -0.1) is 0 Å². The number of ether oxygens (including phenoxy) is 4. The van der Waals surface area contributed by atoms with Gasteiger partial charge < -0.3 is 24.3 Å². The van der Waals surface area contributed by atoms with Gasteiger partial charge >= 0.3 is 11.9 Å². The van der Waals surface area contributed by atoms with Crippen molar-refractivity contribution in [3.63, 3.8) is 0 Å². The summed E-state index contributed by atoms with van der Waals surface area (Å²) in [6.45, 7) is 6.40. The predicted molar refractivity (Wildman–Crippen MR) is 111 cm³/mol. The number of methoxy groups -OCH3 is 1. The van der Waals surface area contributed by atoms with E-state index in [4.69, 9.17) is 18.9 Å². The first-order chi connectivity index (χ1) is 14.7. The van der Waals surface area contributed by atoms with Gasteiger partial charge in [0.25, 0.3) is 5.91 Å². The smallest absolute Gasteiger partial charge is 0.328 e. The molecule has 31 heavy (non-hydrogen) atoms. The largest absolute Gasteiger partial charge is 0.493 e. The van der Waals surface area contributed by atoms with Crippen LogP contribution in [0.4, 0.5) is 0 Å². The fourth-order valence-electron chi connectivity index (χ4n) is 2.53. The van der Waals surface area contributed by atoms with E-state index in [2.05, 4.69) is 10.3 Å². The minimum absolute atomic E-state index is 0.00300. The summed E-state index contributed by atoms with van der Waals surface area (Å²) in [5.74, 6) is -1.32. The summed E-state index contributed by atoms with van der Waals surface area (Å²) in [6, 6.07) is 7.97. The van der Waals surface area contributed by atoms with E-state index in [1.165, 1.54) is 33.2 Å². The minimum Gasteiger partial charge on any atom is -0.493 e. The van der Waals surface area contributed by atoms with Gasteiger partial charge in [0.1, 0.15) is 24.5 Å². The third-order valence-electron chi connectivity index (χ3n) is 4.07. The second kappa shape index (κ2) is 11.0. The number of hydrogen-bond donors (Lipinski definition) is 1. The lowest BCUT2D eigenvalue weighted by Crippen LogP contribution is -2.41. The Kier molecular flexibility index (Phi) is 8.36. The molecule has 0 unspecified atom stereocenters. The predicted octanol–water partition coefficient (Wildman–Crippen LogP) is 2.45. The SMILES string of the molecule is COc1ccnc(C(=O)N[C@@H](C)C(=O)OC[C@H](C)Oc2ccc(C)cc2)c1OC(C)=O. The van der Waals surface area contributed by atoms with Crippen molar-refractivity contribution >= 4 is 17.8 Å². The monoisotopic (exact) mass is 430 g/mol. The fraction of sp³-hybridized carbons (Fsp3) is 0.364. The fourth-order valence-corrected chi connectivity index (χ4v) is 2.53. The average Bonchev–Trinajstić information content (AvgIpc) is 2.73. The Morgan fingerprint density at radius 1 is 1.10 bits per heavy atom. The van der Waals surface area contributed by atoms with E-state index in [0.29, 0.717) is 5.75 Å². The van der Waals surface area contributed by atoms with Gasteiger partial charge in [-0.25, -0.2) is 9.78 Å². The third kappa shape index (κ3) is 6.98. The van der Waals surface area contributed by atoms with E-state index in [0.717, 1.165) is 5.56 Å². The van der Waals surface area contributed by atoms with Crippen LogP contribution in [0.1, 0.15) is 36.8 Å². The van der Waals surface area contributed by atoms with Crippen molar-refractivity contribution < 1.29 is 33.3 Å². The average molecular weight is 430 g/mol. The normalized spacial score (nSPS) is 12.3. The molecule has 1 amide bonds. The van der Waals surface area contributed by atoms with Crippen molar-refractivity contribution in [2.75, 3.05) is 13.7 Å². The number of rotatable bonds is 9. The summed E-state index contributed by atoms with van der Waals surface area (Å²) in [6.07, 6.45) is 0.943. The Morgan fingerprint density at radius 2 is 1.77 bits per heavy atom. The number of amides is 1. The van der Waals surface area contributed by atoms with Gasteiger partial charge in [-0.3, -0.25) is 9.59 Å². The number of nitrogens with one attached hydrogen (secondary N) is 1. The molecule has 2 atom stereocenters. The number of aromatic nitrogens is 1. The molecule has 0 fully saturated rings. The van der Waals surface area contributed by atoms with E-state index in [9.17, 15) is 14.4 Å². The van der Waals surface area contributed by atoms with Crippen LogP contribution in [0.15, 0.2) is 36.5 Å². The Bertz CT molecular complexity index is 928. The third-order valence-corrected chi connectivity index (χ3v) is 4.07. The Hall–Kier alpha value is -3.62. The Labute approximate surface area is 180 Å². The van der Waals surface area contributed by atoms with Gasteiger partial charge in [-0.05, 0) is 32.9 Å². The number of carbonyl (C=O) groups is 3. The molecule has 0 aliphatic carbocycles. The van der Waals surface area contributed by atoms with Crippen LogP contribution in [0.5, 0.6) is 17.2 Å². The van der Waals surface area contributed by atoms with Gasteiger partial charge in [0.2, 0.25) is 5.75 Å². The van der Waals surface area contributed by atoms with E-state index in [-0.39, 0.29) is 29.9 Å². The van der Waals surface area contributed by atoms with Gasteiger partial charge in [0.15, 0.2) is 11.4 Å². The molecule has 0 spiro atoms. The first kappa shape index (κ1) is 23.7. The summed E-state index contributed by atoms with van der Waals surface area (Å²) >= 11 is 0. The maximum Gasteiger partial charge on any atom is 0.328 e. The molecule has 1 aromatic carbocycles. The molecule has 9 nitrogen and oxygen atoms in total. The van der Waals surface area contributed by atoms with E-state index in [1.54, 1.807) is 6.92 Å². The number of pyridine rings is 1. The maximum atomic E-state index is 12.6. The molecule has 0 aliphatic heterocycles. The summed E-state index contributed by atoms with van der Waals surface area (Å²) in [7, 11) is 1.36. The van der Waals surface area contributed by atoms with Crippen molar-refractivity contribution in [1.82, 2.24) is 10.3 Å². The van der Waals surface area contributed by atoms with Crippen LogP contribution in [-0.4, -0.2) is 48.7 Å². The molecular weight excluding hydrogens is 404 g/mol. The summed E-state index contributed by atoms with van der Waals surface area (Å²) < 4.78 is 21.1. The Morgan fingerprint density at radius 3 is 2.39 bits per heavy atom. The minimum atomic E-state index is -0.975. The lowest BCUT2D eigenvalue weighted by Gasteiger charge is -2.18. The van der Waals surface area contributed by atoms with Crippen molar-refractivity contribution in [2.45, 2.75) is 39.8 Å². The highest BCUT2D eigenvalue weighted by atomic mass is 16.6. The second-order valence-corrected chi connectivity index (χ2v) is 6.85. The van der Waals surface area contributed by atoms with E-state index < -0.39 is 23.9 Å². The molecule has 0 bridgehead atoms. The van der Waals surface area contributed by atoms with Crippen molar-refractivity contribution in [2.24, 2.45) is 0 Å². The quantitative estimate of drug-likeness (QED) is 0.604. The van der Waals surface area contributed by atoms with Crippen LogP contribution in [0.2, 0.25) is 0 Å².